The molecule has 1 aliphatic heterocycles. The van der Waals surface area contributed by atoms with Gasteiger partial charge in [0.2, 0.25) is 0 Å². The molecule has 1 N–H and O–H groups in total. The van der Waals surface area contributed by atoms with E-state index in [1.54, 1.807) is 6.26 Å². The minimum atomic E-state index is -0.220. The number of likely N-dealkylation sites (N-methyl/N-ethyl adjacent to an activating group) is 1. The molecule has 32 heavy (non-hydrogen) atoms. The van der Waals surface area contributed by atoms with Gasteiger partial charge in [-0.3, -0.25) is 10.00 Å². The molecule has 6 heteroatoms. The molecule has 4 aromatic rings. The highest BCUT2D eigenvalue weighted by Gasteiger charge is 2.28. The molecule has 5 nitrogen and oxygen atoms in total. The number of nitrogens with zero attached hydrogens (tertiary/aromatic N) is 3. The van der Waals surface area contributed by atoms with E-state index in [9.17, 15) is 4.39 Å². The van der Waals surface area contributed by atoms with Gasteiger partial charge in [-0.1, -0.05) is 36.4 Å². The fourth-order valence-electron chi connectivity index (χ4n) is 4.53. The molecule has 1 atom stereocenters. The Balaban J connectivity index is 1.53. The molecule has 3 heterocycles. The predicted molar refractivity (Wildman–Crippen MR) is 124 cm³/mol. The smallest absolute Gasteiger partial charge is 0.151 e. The van der Waals surface area contributed by atoms with Crippen molar-refractivity contribution in [2.45, 2.75) is 12.5 Å². The van der Waals surface area contributed by atoms with Gasteiger partial charge < -0.3 is 9.32 Å². The van der Waals surface area contributed by atoms with Crippen LogP contribution < -0.4 is 0 Å². The Labute approximate surface area is 187 Å². The number of halogens is 1. The zero-order valence-corrected chi connectivity index (χ0v) is 18.2. The average molecular weight is 431 g/mol. The molecule has 1 unspecified atom stereocenters. The van der Waals surface area contributed by atoms with Gasteiger partial charge in [-0.05, 0) is 61.0 Å². The molecule has 2 aromatic carbocycles. The van der Waals surface area contributed by atoms with Gasteiger partial charge in [0, 0.05) is 25.2 Å². The first kappa shape index (κ1) is 20.7. The third kappa shape index (κ3) is 4.24. The van der Waals surface area contributed by atoms with Crippen molar-refractivity contribution in [1.29, 1.82) is 0 Å². The summed E-state index contributed by atoms with van der Waals surface area (Å²) in [6.45, 7) is 4.11. The van der Waals surface area contributed by atoms with Crippen molar-refractivity contribution < 1.29 is 8.81 Å². The number of hydrogen-bond donors (Lipinski definition) is 1. The molecule has 5 rings (SSSR count). The van der Waals surface area contributed by atoms with Crippen LogP contribution in [0, 0.1) is 5.82 Å². The number of aromatic nitrogens is 2. The topological polar surface area (TPSA) is 48.3 Å². The van der Waals surface area contributed by atoms with Crippen LogP contribution in [0.2, 0.25) is 0 Å². The summed E-state index contributed by atoms with van der Waals surface area (Å²) < 4.78 is 19.0. The van der Waals surface area contributed by atoms with Gasteiger partial charge in [0.25, 0.3) is 0 Å². The van der Waals surface area contributed by atoms with Crippen molar-refractivity contribution in [1.82, 2.24) is 20.0 Å². The first-order valence-corrected chi connectivity index (χ1v) is 11.0. The number of hydrogen-bond acceptors (Lipinski definition) is 4. The second-order valence-electron chi connectivity index (χ2n) is 8.40. The summed E-state index contributed by atoms with van der Waals surface area (Å²) >= 11 is 0. The Kier molecular flexibility index (Phi) is 5.88. The molecule has 0 spiro atoms. The minimum Gasteiger partial charge on any atom is -0.463 e. The van der Waals surface area contributed by atoms with Gasteiger partial charge >= 0.3 is 0 Å². The number of furan rings is 1. The standard InChI is InChI=1S/C26H27FN4O/c1-30-13-3-14-31(16-15-30)26(23-18-28-29-25(23)24-4-2-17-32-24)21-7-5-19(6-8-21)20-9-11-22(27)12-10-20/h2,4-12,17-18,26H,3,13-16H2,1H3,(H,28,29). The van der Waals surface area contributed by atoms with Crippen LogP contribution in [0.25, 0.3) is 22.6 Å². The van der Waals surface area contributed by atoms with E-state index in [0.717, 1.165) is 60.7 Å². The van der Waals surface area contributed by atoms with Crippen molar-refractivity contribution >= 4 is 0 Å². The van der Waals surface area contributed by atoms with Gasteiger partial charge in [0.1, 0.15) is 11.5 Å². The number of benzene rings is 2. The maximum atomic E-state index is 13.3. The zero-order chi connectivity index (χ0) is 21.9. The summed E-state index contributed by atoms with van der Waals surface area (Å²) in [5.74, 6) is 0.569. The van der Waals surface area contributed by atoms with Gasteiger partial charge in [-0.25, -0.2) is 4.39 Å². The average Bonchev–Trinajstić information content (AvgIpc) is 3.46. The lowest BCUT2D eigenvalue weighted by Gasteiger charge is -2.31. The molecule has 0 radical (unpaired) electrons. The molecular formula is C26H27FN4O. The van der Waals surface area contributed by atoms with Crippen LogP contribution in [0.3, 0.4) is 0 Å². The molecule has 164 valence electrons. The lowest BCUT2D eigenvalue weighted by molar-refractivity contribution is 0.231. The van der Waals surface area contributed by atoms with Crippen molar-refractivity contribution in [3.05, 3.63) is 90.1 Å². The summed E-state index contributed by atoms with van der Waals surface area (Å²) in [5.41, 5.74) is 5.31. The van der Waals surface area contributed by atoms with Gasteiger partial charge in [0.05, 0.1) is 18.5 Å². The lowest BCUT2D eigenvalue weighted by Crippen LogP contribution is -2.33. The Morgan fingerprint density at radius 2 is 1.69 bits per heavy atom. The van der Waals surface area contributed by atoms with Crippen LogP contribution in [0.15, 0.2) is 77.5 Å². The molecule has 0 saturated carbocycles. The van der Waals surface area contributed by atoms with E-state index in [2.05, 4.69) is 51.3 Å². The van der Waals surface area contributed by atoms with Crippen molar-refractivity contribution in [2.75, 3.05) is 33.2 Å². The highest BCUT2D eigenvalue weighted by atomic mass is 19.1. The number of aromatic amines is 1. The van der Waals surface area contributed by atoms with Crippen molar-refractivity contribution in [2.24, 2.45) is 0 Å². The van der Waals surface area contributed by atoms with Crippen LogP contribution >= 0.6 is 0 Å². The highest BCUT2D eigenvalue weighted by Crippen LogP contribution is 2.36. The number of rotatable bonds is 5. The Morgan fingerprint density at radius 1 is 0.938 bits per heavy atom. The quantitative estimate of drug-likeness (QED) is 0.473. The third-order valence-electron chi connectivity index (χ3n) is 6.25. The van der Waals surface area contributed by atoms with Crippen molar-refractivity contribution in [3.63, 3.8) is 0 Å². The Morgan fingerprint density at radius 3 is 2.41 bits per heavy atom. The van der Waals surface area contributed by atoms with Crippen molar-refractivity contribution in [3.8, 4) is 22.6 Å². The molecule has 1 aliphatic rings. The summed E-state index contributed by atoms with van der Waals surface area (Å²) in [4.78, 5) is 4.92. The lowest BCUT2D eigenvalue weighted by atomic mass is 9.94. The molecule has 1 fully saturated rings. The minimum absolute atomic E-state index is 0.0580. The molecule has 2 aromatic heterocycles. The van der Waals surface area contributed by atoms with E-state index < -0.39 is 0 Å². The third-order valence-corrected chi connectivity index (χ3v) is 6.25. The SMILES string of the molecule is CN1CCCN(C(c2ccc(-c3ccc(F)cc3)cc2)c2cn[nH]c2-c2ccco2)CC1. The molecule has 0 aliphatic carbocycles. The fourth-order valence-corrected chi connectivity index (χ4v) is 4.53. The zero-order valence-electron chi connectivity index (χ0n) is 18.2. The normalized spacial score (nSPS) is 16.7. The van der Waals surface area contributed by atoms with E-state index in [-0.39, 0.29) is 11.9 Å². The van der Waals surface area contributed by atoms with E-state index >= 15 is 0 Å². The predicted octanol–water partition coefficient (Wildman–Crippen LogP) is 5.20. The van der Waals surface area contributed by atoms with Crippen LogP contribution in [0.1, 0.15) is 23.6 Å². The van der Waals surface area contributed by atoms with E-state index in [1.807, 2.05) is 30.5 Å². The molecular weight excluding hydrogens is 403 g/mol. The second-order valence-corrected chi connectivity index (χ2v) is 8.40. The van der Waals surface area contributed by atoms with Crippen LogP contribution in [0.4, 0.5) is 4.39 Å². The van der Waals surface area contributed by atoms with Crippen LogP contribution in [-0.4, -0.2) is 53.2 Å². The first-order chi connectivity index (χ1) is 15.7. The summed E-state index contributed by atoms with van der Waals surface area (Å²) in [5, 5.41) is 7.52. The van der Waals surface area contributed by atoms with Crippen LogP contribution in [0.5, 0.6) is 0 Å². The summed E-state index contributed by atoms with van der Waals surface area (Å²) in [6.07, 6.45) is 4.73. The number of H-pyrrole nitrogens is 1. The monoisotopic (exact) mass is 430 g/mol. The van der Waals surface area contributed by atoms with E-state index in [0.29, 0.717) is 0 Å². The molecule has 0 bridgehead atoms. The summed E-state index contributed by atoms with van der Waals surface area (Å²) in [6, 6.07) is 19.1. The van der Waals surface area contributed by atoms with Gasteiger partial charge in [-0.2, -0.15) is 5.10 Å². The summed E-state index contributed by atoms with van der Waals surface area (Å²) in [7, 11) is 2.18. The highest BCUT2D eigenvalue weighted by molar-refractivity contribution is 5.64. The molecule has 1 saturated heterocycles. The van der Waals surface area contributed by atoms with Crippen LogP contribution in [-0.2, 0) is 0 Å². The maximum absolute atomic E-state index is 13.3. The fraction of sp³-hybridized carbons (Fsp3) is 0.269. The maximum Gasteiger partial charge on any atom is 0.151 e. The first-order valence-electron chi connectivity index (χ1n) is 11.0. The van der Waals surface area contributed by atoms with Gasteiger partial charge in [-0.15, -0.1) is 0 Å². The Hall–Kier alpha value is -3.22. The van der Waals surface area contributed by atoms with E-state index in [4.69, 9.17) is 4.42 Å². The molecule has 0 amide bonds. The largest absolute Gasteiger partial charge is 0.463 e. The van der Waals surface area contributed by atoms with E-state index in [1.165, 1.54) is 17.7 Å². The Bertz CT molecular complexity index is 1140. The second kappa shape index (κ2) is 9.10. The van der Waals surface area contributed by atoms with Gasteiger partial charge in [0.15, 0.2) is 5.76 Å². The number of nitrogens with one attached hydrogen (secondary N) is 1.